The van der Waals surface area contributed by atoms with E-state index in [0.29, 0.717) is 0 Å². The minimum atomic E-state index is 0.857. The molecule has 152 valence electrons. The number of anilines is 1. The van der Waals surface area contributed by atoms with E-state index in [9.17, 15) is 0 Å². The second-order valence-corrected chi connectivity index (χ2v) is 8.18. The molecule has 3 aromatic rings. The minimum absolute atomic E-state index is 0.857. The number of aromatic nitrogens is 2. The molecule has 2 aliphatic rings. The van der Waals surface area contributed by atoms with Gasteiger partial charge in [0.1, 0.15) is 11.4 Å². The van der Waals surface area contributed by atoms with E-state index < -0.39 is 0 Å². The highest BCUT2D eigenvalue weighted by Gasteiger charge is 2.22. The first-order valence-corrected chi connectivity index (χ1v) is 11.0. The highest BCUT2D eigenvalue weighted by atomic mass is 16.5. The van der Waals surface area contributed by atoms with E-state index in [1.807, 2.05) is 12.3 Å². The van der Waals surface area contributed by atoms with Crippen LogP contribution in [0.4, 0.5) is 5.69 Å². The summed E-state index contributed by atoms with van der Waals surface area (Å²) in [7, 11) is 0. The Morgan fingerprint density at radius 1 is 0.931 bits per heavy atom. The zero-order valence-corrected chi connectivity index (χ0v) is 17.1. The summed E-state index contributed by atoms with van der Waals surface area (Å²) in [5.41, 5.74) is 3.78. The molecule has 5 rings (SSSR count). The van der Waals surface area contributed by atoms with E-state index in [4.69, 9.17) is 4.74 Å². The Kier molecular flexibility index (Phi) is 5.39. The summed E-state index contributed by atoms with van der Waals surface area (Å²) < 4.78 is 8.30. The molecule has 0 amide bonds. The number of hydrogen-bond donors (Lipinski definition) is 0. The predicted molar refractivity (Wildman–Crippen MR) is 118 cm³/mol. The van der Waals surface area contributed by atoms with Gasteiger partial charge in [0, 0.05) is 50.5 Å². The van der Waals surface area contributed by atoms with E-state index >= 15 is 0 Å². The van der Waals surface area contributed by atoms with Gasteiger partial charge in [-0.05, 0) is 62.1 Å². The number of rotatable bonds is 6. The second-order valence-electron chi connectivity index (χ2n) is 8.18. The van der Waals surface area contributed by atoms with Crippen molar-refractivity contribution in [3.05, 3.63) is 54.4 Å². The number of nitrogens with zero attached hydrogens (tertiary/aromatic N) is 4. The SMILES string of the molecule is c1cc2c(c(N3CCN(CCCCn4ccc5cccnc54)CC3)c1)OCCC2. The molecule has 1 fully saturated rings. The lowest BCUT2D eigenvalue weighted by Crippen LogP contribution is -2.46. The Bertz CT molecular complexity index is 958. The number of hydrogen-bond acceptors (Lipinski definition) is 4. The molecule has 29 heavy (non-hydrogen) atoms. The van der Waals surface area contributed by atoms with Crippen LogP contribution in [0.2, 0.25) is 0 Å². The van der Waals surface area contributed by atoms with Crippen LogP contribution in [0.5, 0.6) is 5.75 Å². The molecule has 0 bridgehead atoms. The lowest BCUT2D eigenvalue weighted by Gasteiger charge is -2.37. The van der Waals surface area contributed by atoms with E-state index in [1.54, 1.807) is 0 Å². The average Bonchev–Trinajstić information content (AvgIpc) is 3.20. The average molecular weight is 391 g/mol. The molecule has 2 aliphatic heterocycles. The van der Waals surface area contributed by atoms with Gasteiger partial charge in [-0.25, -0.2) is 4.98 Å². The fourth-order valence-electron chi connectivity index (χ4n) is 4.65. The summed E-state index contributed by atoms with van der Waals surface area (Å²) in [5.74, 6) is 1.14. The molecule has 0 aliphatic carbocycles. The third-order valence-corrected chi connectivity index (χ3v) is 6.27. The van der Waals surface area contributed by atoms with Crippen molar-refractivity contribution < 1.29 is 4.74 Å². The topological polar surface area (TPSA) is 33.5 Å². The Morgan fingerprint density at radius 2 is 1.83 bits per heavy atom. The normalized spacial score (nSPS) is 17.3. The van der Waals surface area contributed by atoms with Gasteiger partial charge in [-0.15, -0.1) is 0 Å². The van der Waals surface area contributed by atoms with Gasteiger partial charge < -0.3 is 14.2 Å². The van der Waals surface area contributed by atoms with Crippen molar-refractivity contribution in [2.45, 2.75) is 32.2 Å². The van der Waals surface area contributed by atoms with Crippen molar-refractivity contribution in [2.24, 2.45) is 0 Å². The molecular weight excluding hydrogens is 360 g/mol. The lowest BCUT2D eigenvalue weighted by atomic mass is 10.0. The number of aryl methyl sites for hydroxylation is 2. The van der Waals surface area contributed by atoms with Crippen molar-refractivity contribution in [3.8, 4) is 5.75 Å². The molecular formula is C24H30N4O. The highest BCUT2D eigenvalue weighted by Crippen LogP contribution is 2.35. The van der Waals surface area contributed by atoms with Crippen LogP contribution in [0.1, 0.15) is 24.8 Å². The quantitative estimate of drug-likeness (QED) is 0.597. The summed E-state index contributed by atoms with van der Waals surface area (Å²) in [6, 6.07) is 12.9. The summed E-state index contributed by atoms with van der Waals surface area (Å²) in [6.07, 6.45) is 8.76. The Labute approximate surface area is 172 Å². The Morgan fingerprint density at radius 3 is 2.76 bits per heavy atom. The summed E-state index contributed by atoms with van der Waals surface area (Å²) in [4.78, 5) is 9.64. The summed E-state index contributed by atoms with van der Waals surface area (Å²) in [5, 5.41) is 1.23. The fraction of sp³-hybridized carbons (Fsp3) is 0.458. The largest absolute Gasteiger partial charge is 0.491 e. The van der Waals surface area contributed by atoms with Crippen molar-refractivity contribution in [1.82, 2.24) is 14.5 Å². The zero-order valence-electron chi connectivity index (χ0n) is 17.1. The summed E-state index contributed by atoms with van der Waals surface area (Å²) in [6.45, 7) is 7.54. The zero-order chi connectivity index (χ0) is 19.5. The number of para-hydroxylation sites is 1. The molecule has 0 unspecified atom stereocenters. The molecule has 0 N–H and O–H groups in total. The Balaban J connectivity index is 1.10. The van der Waals surface area contributed by atoms with Crippen LogP contribution in [0, 0.1) is 0 Å². The number of benzene rings is 1. The van der Waals surface area contributed by atoms with Crippen LogP contribution in [0.3, 0.4) is 0 Å². The van der Waals surface area contributed by atoms with Gasteiger partial charge in [-0.1, -0.05) is 12.1 Å². The number of unbranched alkanes of at least 4 members (excludes halogenated alkanes) is 1. The van der Waals surface area contributed by atoms with Crippen molar-refractivity contribution in [1.29, 1.82) is 0 Å². The van der Waals surface area contributed by atoms with Crippen LogP contribution < -0.4 is 9.64 Å². The van der Waals surface area contributed by atoms with Gasteiger partial charge in [-0.2, -0.15) is 0 Å². The van der Waals surface area contributed by atoms with Gasteiger partial charge >= 0.3 is 0 Å². The highest BCUT2D eigenvalue weighted by molar-refractivity contribution is 5.75. The number of ether oxygens (including phenoxy) is 1. The van der Waals surface area contributed by atoms with Gasteiger partial charge in [0.05, 0.1) is 12.3 Å². The van der Waals surface area contributed by atoms with Crippen LogP contribution in [0.15, 0.2) is 48.8 Å². The second kappa shape index (κ2) is 8.46. The van der Waals surface area contributed by atoms with Gasteiger partial charge in [0.25, 0.3) is 0 Å². The molecule has 0 atom stereocenters. The van der Waals surface area contributed by atoms with E-state index in [2.05, 4.69) is 55.9 Å². The van der Waals surface area contributed by atoms with E-state index in [-0.39, 0.29) is 0 Å². The standard InChI is InChI=1S/C24H30N4O/c1(2-13-28-14-10-21-7-4-11-25-24(21)28)12-26-15-17-27(18-16-26)22-9-3-6-20-8-5-19-29-23(20)22/h3-4,6-7,9-11,14H,1-2,5,8,12-13,15-19H2. The van der Waals surface area contributed by atoms with Crippen LogP contribution in [-0.2, 0) is 13.0 Å². The van der Waals surface area contributed by atoms with E-state index in [1.165, 1.54) is 36.0 Å². The van der Waals surface area contributed by atoms with Gasteiger partial charge in [0.15, 0.2) is 0 Å². The Hall–Kier alpha value is -2.53. The smallest absolute Gasteiger partial charge is 0.145 e. The van der Waals surface area contributed by atoms with Crippen LogP contribution in [-0.4, -0.2) is 53.8 Å². The monoisotopic (exact) mass is 390 g/mol. The van der Waals surface area contributed by atoms with Gasteiger partial charge in [0.2, 0.25) is 0 Å². The predicted octanol–water partition coefficient (Wildman–Crippen LogP) is 3.96. The molecule has 0 radical (unpaired) electrons. The third-order valence-electron chi connectivity index (χ3n) is 6.27. The first kappa shape index (κ1) is 18.5. The molecule has 4 heterocycles. The minimum Gasteiger partial charge on any atom is -0.491 e. The number of piperazine rings is 1. The molecule has 2 aromatic heterocycles. The maximum Gasteiger partial charge on any atom is 0.145 e. The molecule has 0 spiro atoms. The molecule has 0 saturated carbocycles. The molecule has 1 aromatic carbocycles. The fourth-order valence-corrected chi connectivity index (χ4v) is 4.65. The maximum atomic E-state index is 6.02. The van der Waals surface area contributed by atoms with Crippen molar-refractivity contribution >= 4 is 16.7 Å². The van der Waals surface area contributed by atoms with E-state index in [0.717, 1.165) is 63.6 Å². The third kappa shape index (κ3) is 3.97. The lowest BCUT2D eigenvalue weighted by molar-refractivity contribution is 0.248. The molecule has 5 heteroatoms. The van der Waals surface area contributed by atoms with Crippen molar-refractivity contribution in [3.63, 3.8) is 0 Å². The first-order valence-electron chi connectivity index (χ1n) is 11.0. The number of fused-ring (bicyclic) bond motifs is 2. The van der Waals surface area contributed by atoms with Gasteiger partial charge in [-0.3, -0.25) is 4.90 Å². The number of pyridine rings is 1. The molecule has 1 saturated heterocycles. The summed E-state index contributed by atoms with van der Waals surface area (Å²) >= 11 is 0. The first-order chi connectivity index (χ1) is 14.4. The van der Waals surface area contributed by atoms with Crippen LogP contribution >= 0.6 is 0 Å². The van der Waals surface area contributed by atoms with Crippen LogP contribution in [0.25, 0.3) is 11.0 Å². The maximum absolute atomic E-state index is 6.02. The van der Waals surface area contributed by atoms with Crippen molar-refractivity contribution in [2.75, 3.05) is 44.2 Å². The molecule has 5 nitrogen and oxygen atoms in total.